The van der Waals surface area contributed by atoms with Crippen molar-refractivity contribution in [2.45, 2.75) is 32.1 Å². The summed E-state index contributed by atoms with van der Waals surface area (Å²) in [6.45, 7) is 4.06. The van der Waals surface area contributed by atoms with Crippen LogP contribution in [0.4, 0.5) is 0 Å². The summed E-state index contributed by atoms with van der Waals surface area (Å²) in [6, 6.07) is 17.7. The van der Waals surface area contributed by atoms with Crippen LogP contribution < -0.4 is 4.74 Å². The second-order valence-corrected chi connectivity index (χ2v) is 10.6. The van der Waals surface area contributed by atoms with Crippen molar-refractivity contribution in [1.29, 1.82) is 0 Å². The molecule has 2 aliphatic rings. The molecule has 6 rings (SSSR count). The molecule has 0 spiro atoms. The molecule has 0 saturated carbocycles. The SMILES string of the molecule is Oc1ccc2c(c1)Cc1c(sc3cc(O)cc(-c4ccc(OCCN5CCCCC5)cc4)c13)C2. The van der Waals surface area contributed by atoms with E-state index in [2.05, 4.69) is 17.0 Å². The van der Waals surface area contributed by atoms with E-state index in [-0.39, 0.29) is 5.75 Å². The number of phenols is 2. The van der Waals surface area contributed by atoms with Crippen LogP contribution in [0.2, 0.25) is 0 Å². The molecular weight excluding hydrogens is 442 g/mol. The Hall–Kier alpha value is -3.02. The number of fused-ring (bicyclic) bond motifs is 4. The molecule has 0 atom stereocenters. The molecule has 1 fully saturated rings. The zero-order valence-electron chi connectivity index (χ0n) is 19.2. The number of benzene rings is 3. The summed E-state index contributed by atoms with van der Waals surface area (Å²) in [6.07, 6.45) is 5.62. The minimum atomic E-state index is 0.290. The molecule has 1 saturated heterocycles. The number of phenolic OH excluding ortho intramolecular Hbond substituents is 2. The lowest BCUT2D eigenvalue weighted by Gasteiger charge is -2.26. The molecule has 2 N–H and O–H groups in total. The van der Waals surface area contributed by atoms with Crippen molar-refractivity contribution in [3.63, 3.8) is 0 Å². The number of hydrogen-bond acceptors (Lipinski definition) is 5. The van der Waals surface area contributed by atoms with Gasteiger partial charge in [0.2, 0.25) is 0 Å². The van der Waals surface area contributed by atoms with E-state index in [0.29, 0.717) is 12.4 Å². The van der Waals surface area contributed by atoms with Crippen LogP contribution in [0.1, 0.15) is 40.8 Å². The van der Waals surface area contributed by atoms with Crippen LogP contribution in [-0.2, 0) is 12.8 Å². The van der Waals surface area contributed by atoms with Crippen LogP contribution in [0.3, 0.4) is 0 Å². The Balaban J connectivity index is 1.27. The average Bonchev–Trinajstić information content (AvgIpc) is 3.20. The normalized spacial score (nSPS) is 15.8. The second-order valence-electron chi connectivity index (χ2n) is 9.45. The smallest absolute Gasteiger partial charge is 0.119 e. The topological polar surface area (TPSA) is 52.9 Å². The van der Waals surface area contributed by atoms with Gasteiger partial charge in [0.1, 0.15) is 23.9 Å². The highest BCUT2D eigenvalue weighted by molar-refractivity contribution is 7.19. The van der Waals surface area contributed by atoms with Gasteiger partial charge in [0.15, 0.2) is 0 Å². The van der Waals surface area contributed by atoms with Crippen LogP contribution in [0, 0.1) is 0 Å². The lowest BCUT2D eigenvalue weighted by Crippen LogP contribution is -2.33. The minimum absolute atomic E-state index is 0.290. The van der Waals surface area contributed by atoms with E-state index in [0.717, 1.165) is 41.0 Å². The Kier molecular flexibility index (Phi) is 5.67. The lowest BCUT2D eigenvalue weighted by molar-refractivity contribution is 0.183. The third-order valence-corrected chi connectivity index (χ3v) is 8.34. The Labute approximate surface area is 204 Å². The lowest BCUT2D eigenvalue weighted by atomic mass is 9.87. The summed E-state index contributed by atoms with van der Waals surface area (Å²) in [5.41, 5.74) is 5.90. The zero-order chi connectivity index (χ0) is 23.1. The van der Waals surface area contributed by atoms with Crippen molar-refractivity contribution in [3.8, 4) is 28.4 Å². The molecule has 0 radical (unpaired) electrons. The van der Waals surface area contributed by atoms with E-state index < -0.39 is 0 Å². The van der Waals surface area contributed by atoms with E-state index in [9.17, 15) is 10.2 Å². The van der Waals surface area contributed by atoms with E-state index >= 15 is 0 Å². The molecule has 1 aliphatic heterocycles. The number of aromatic hydroxyl groups is 2. The van der Waals surface area contributed by atoms with Crippen molar-refractivity contribution in [2.24, 2.45) is 0 Å². The van der Waals surface area contributed by atoms with Gasteiger partial charge in [-0.25, -0.2) is 0 Å². The monoisotopic (exact) mass is 471 g/mol. The fourth-order valence-corrected chi connectivity index (χ4v) is 6.71. The maximum absolute atomic E-state index is 10.5. The Bertz CT molecular complexity index is 1340. The van der Waals surface area contributed by atoms with Crippen molar-refractivity contribution in [1.82, 2.24) is 4.90 Å². The molecule has 0 bridgehead atoms. The van der Waals surface area contributed by atoms with Gasteiger partial charge in [0, 0.05) is 27.9 Å². The summed E-state index contributed by atoms with van der Waals surface area (Å²) in [4.78, 5) is 3.83. The van der Waals surface area contributed by atoms with Gasteiger partial charge in [-0.3, -0.25) is 4.90 Å². The molecule has 0 amide bonds. The van der Waals surface area contributed by atoms with E-state index in [1.165, 1.54) is 59.3 Å². The summed E-state index contributed by atoms with van der Waals surface area (Å²) >= 11 is 1.77. The van der Waals surface area contributed by atoms with Crippen LogP contribution in [-0.4, -0.2) is 41.4 Å². The van der Waals surface area contributed by atoms with Crippen LogP contribution in [0.5, 0.6) is 17.2 Å². The molecule has 1 aromatic heterocycles. The van der Waals surface area contributed by atoms with Gasteiger partial charge in [-0.1, -0.05) is 24.6 Å². The van der Waals surface area contributed by atoms with Gasteiger partial charge in [-0.05, 0) is 96.6 Å². The van der Waals surface area contributed by atoms with Gasteiger partial charge < -0.3 is 14.9 Å². The molecule has 174 valence electrons. The minimum Gasteiger partial charge on any atom is -0.508 e. The largest absolute Gasteiger partial charge is 0.508 e. The number of piperidine rings is 1. The Morgan fingerprint density at radius 3 is 2.47 bits per heavy atom. The predicted octanol–water partition coefficient (Wildman–Crippen LogP) is 6.34. The first kappa shape index (κ1) is 21.5. The van der Waals surface area contributed by atoms with Gasteiger partial charge >= 0.3 is 0 Å². The van der Waals surface area contributed by atoms with Crippen LogP contribution >= 0.6 is 11.3 Å². The van der Waals surface area contributed by atoms with Gasteiger partial charge in [-0.2, -0.15) is 0 Å². The molecule has 0 unspecified atom stereocenters. The van der Waals surface area contributed by atoms with Crippen molar-refractivity contribution in [3.05, 3.63) is 76.2 Å². The number of nitrogens with zero attached hydrogens (tertiary/aromatic N) is 1. The van der Waals surface area contributed by atoms with Crippen molar-refractivity contribution >= 4 is 21.4 Å². The van der Waals surface area contributed by atoms with Gasteiger partial charge in [-0.15, -0.1) is 11.3 Å². The number of thiophene rings is 1. The Morgan fingerprint density at radius 2 is 1.65 bits per heavy atom. The summed E-state index contributed by atoms with van der Waals surface area (Å²) in [5.74, 6) is 1.49. The van der Waals surface area contributed by atoms with Crippen LogP contribution in [0.15, 0.2) is 54.6 Å². The predicted molar refractivity (Wildman–Crippen MR) is 138 cm³/mol. The molecule has 34 heavy (non-hydrogen) atoms. The number of rotatable bonds is 5. The highest BCUT2D eigenvalue weighted by atomic mass is 32.1. The molecule has 5 heteroatoms. The highest BCUT2D eigenvalue weighted by Gasteiger charge is 2.23. The first-order chi connectivity index (χ1) is 16.6. The maximum atomic E-state index is 10.5. The Morgan fingerprint density at radius 1 is 0.824 bits per heavy atom. The fourth-order valence-electron chi connectivity index (χ4n) is 5.40. The molecule has 1 aliphatic carbocycles. The number of likely N-dealkylation sites (tertiary alicyclic amines) is 1. The van der Waals surface area contributed by atoms with Crippen LogP contribution in [0.25, 0.3) is 21.2 Å². The quantitative estimate of drug-likeness (QED) is 0.314. The average molecular weight is 472 g/mol. The first-order valence-corrected chi connectivity index (χ1v) is 13.0. The molecule has 4 nitrogen and oxygen atoms in total. The van der Waals surface area contributed by atoms with E-state index in [4.69, 9.17) is 4.74 Å². The third kappa shape index (κ3) is 4.15. The molecule has 4 aromatic rings. The summed E-state index contributed by atoms with van der Waals surface area (Å²) in [7, 11) is 0. The second kappa shape index (κ2) is 8.97. The third-order valence-electron chi connectivity index (χ3n) is 7.16. The number of hydrogen-bond donors (Lipinski definition) is 2. The summed E-state index contributed by atoms with van der Waals surface area (Å²) < 4.78 is 7.13. The molecular formula is C29H29NO3S. The fraction of sp³-hybridized carbons (Fsp3) is 0.310. The zero-order valence-corrected chi connectivity index (χ0v) is 20.0. The first-order valence-electron chi connectivity index (χ1n) is 12.2. The van der Waals surface area contributed by atoms with Gasteiger partial charge in [0.05, 0.1) is 0 Å². The van der Waals surface area contributed by atoms with E-state index in [1.807, 2.05) is 36.4 Å². The standard InChI is InChI=1S/C29H29NO3S/c31-22-7-4-20-16-27-26(15-21(20)14-22)29-25(17-23(32)18-28(29)34-27)19-5-8-24(9-6-19)33-13-12-30-10-2-1-3-11-30/h4-9,14,17-18,31-32H,1-3,10-13,15-16H2. The van der Waals surface area contributed by atoms with Crippen molar-refractivity contribution < 1.29 is 14.9 Å². The molecule has 2 heterocycles. The van der Waals surface area contributed by atoms with Gasteiger partial charge in [0.25, 0.3) is 0 Å². The maximum Gasteiger partial charge on any atom is 0.119 e. The van der Waals surface area contributed by atoms with E-state index in [1.54, 1.807) is 17.4 Å². The highest BCUT2D eigenvalue weighted by Crippen LogP contribution is 2.45. The molecule has 3 aromatic carbocycles. The summed E-state index contributed by atoms with van der Waals surface area (Å²) in [5, 5.41) is 21.7. The van der Waals surface area contributed by atoms with Crippen molar-refractivity contribution in [2.75, 3.05) is 26.2 Å². The number of ether oxygens (including phenoxy) is 1.